The van der Waals surface area contributed by atoms with Gasteiger partial charge in [0.25, 0.3) is 0 Å². The van der Waals surface area contributed by atoms with E-state index in [1.165, 1.54) is 5.56 Å². The van der Waals surface area contributed by atoms with E-state index >= 15 is 0 Å². The fraction of sp³-hybridized carbons (Fsp3) is 0.375. The summed E-state index contributed by atoms with van der Waals surface area (Å²) in [6.07, 6.45) is 0. The molecule has 2 aromatic rings. The molecule has 0 aromatic heterocycles. The Morgan fingerprint density at radius 2 is 1.47 bits per heavy atom. The number of rotatable bonds is 3. The first-order valence-electron chi connectivity index (χ1n) is 6.47. The van der Waals surface area contributed by atoms with Crippen LogP contribution in [0.2, 0.25) is 19.6 Å². The fourth-order valence-electron chi connectivity index (χ4n) is 1.76. The standard InChI is InChI=1S/C8H12N.C8H13Si.Fe/c1-9(2)7-8-5-3-4-6-8;1-9(2,3)8-6-4-5-7-8;/h3-6H,7H2,1-2H3;4-7H,1-3H3;/q-1;-5;. The molecule has 0 atom stereocenters. The zero-order chi connectivity index (χ0) is 13.6. The molecule has 3 heteroatoms. The van der Waals surface area contributed by atoms with Crippen molar-refractivity contribution in [2.45, 2.75) is 26.2 Å². The minimum Gasteiger partial charge on any atom is -0.748 e. The van der Waals surface area contributed by atoms with E-state index in [1.807, 2.05) is 0 Å². The normalized spacial score (nSPS) is 10.6. The molecular weight excluding hydrogens is 290 g/mol. The third kappa shape index (κ3) is 7.53. The number of hydrogen-bond donors (Lipinski definition) is 0. The van der Waals surface area contributed by atoms with Gasteiger partial charge in [-0.25, -0.2) is 12.1 Å². The topological polar surface area (TPSA) is 3.24 Å². The van der Waals surface area contributed by atoms with Gasteiger partial charge in [-0.3, -0.25) is 0 Å². The summed E-state index contributed by atoms with van der Waals surface area (Å²) in [5.41, 5.74) is 1.39. The smallest absolute Gasteiger partial charge is 0 e. The van der Waals surface area contributed by atoms with Crippen molar-refractivity contribution >= 4 is 13.3 Å². The largest absolute Gasteiger partial charge is 0.748 e. The monoisotopic (exact) mass is 315 g/mol. The average Bonchev–Trinajstić information content (AvgIpc) is 2.86. The molecule has 0 aliphatic carbocycles. The summed E-state index contributed by atoms with van der Waals surface area (Å²) >= 11 is 0. The molecule has 0 amide bonds. The van der Waals surface area contributed by atoms with E-state index in [0.717, 1.165) is 6.54 Å². The number of nitrogens with zero attached hydrogens (tertiary/aromatic N) is 1. The summed E-state index contributed by atoms with van der Waals surface area (Å²) in [7, 11) is 3.17. The van der Waals surface area contributed by atoms with Gasteiger partial charge in [-0.2, -0.15) is 12.1 Å². The summed E-state index contributed by atoms with van der Waals surface area (Å²) in [5.74, 6) is 0. The van der Waals surface area contributed by atoms with Crippen LogP contribution in [0.5, 0.6) is 0 Å². The van der Waals surface area contributed by atoms with E-state index in [9.17, 15) is 0 Å². The van der Waals surface area contributed by atoms with Crippen LogP contribution in [0.1, 0.15) is 5.56 Å². The fourth-order valence-corrected chi connectivity index (χ4v) is 2.95. The van der Waals surface area contributed by atoms with Crippen molar-refractivity contribution in [3.05, 3.63) is 54.1 Å². The Hall–Kier alpha value is -0.604. The van der Waals surface area contributed by atoms with E-state index in [4.69, 9.17) is 0 Å². The van der Waals surface area contributed by atoms with Crippen LogP contribution in [0.3, 0.4) is 0 Å². The quantitative estimate of drug-likeness (QED) is 0.620. The minimum atomic E-state index is -0.981. The molecule has 0 aliphatic heterocycles. The molecule has 0 spiro atoms. The van der Waals surface area contributed by atoms with Crippen LogP contribution in [0.15, 0.2) is 48.5 Å². The third-order valence-corrected chi connectivity index (χ3v) is 4.82. The van der Waals surface area contributed by atoms with Gasteiger partial charge in [0.05, 0.1) is 0 Å². The van der Waals surface area contributed by atoms with Crippen molar-refractivity contribution in [1.82, 2.24) is 4.90 Å². The second kappa shape index (κ2) is 8.54. The molecule has 2 rings (SSSR count). The first-order valence-corrected chi connectivity index (χ1v) is 9.97. The van der Waals surface area contributed by atoms with Gasteiger partial charge in [0.2, 0.25) is 0 Å². The molecule has 0 radical (unpaired) electrons. The predicted molar refractivity (Wildman–Crippen MR) is 84.4 cm³/mol. The second-order valence-electron chi connectivity index (χ2n) is 5.95. The molecule has 112 valence electrons. The van der Waals surface area contributed by atoms with Crippen molar-refractivity contribution in [1.29, 1.82) is 0 Å². The summed E-state index contributed by atoms with van der Waals surface area (Å²) in [6, 6.07) is 17.1. The molecule has 0 saturated carbocycles. The molecule has 0 saturated heterocycles. The third-order valence-electron chi connectivity index (χ3n) is 2.76. The summed E-state index contributed by atoms with van der Waals surface area (Å²) in [5, 5.41) is 1.56. The van der Waals surface area contributed by atoms with Crippen LogP contribution in [0.4, 0.5) is 0 Å². The molecule has 19 heavy (non-hydrogen) atoms. The van der Waals surface area contributed by atoms with Crippen LogP contribution in [0, 0.1) is 0 Å². The predicted octanol–water partition coefficient (Wildman–Crippen LogP) is 3.42. The molecule has 2 aromatic carbocycles. The van der Waals surface area contributed by atoms with Crippen LogP contribution in [-0.4, -0.2) is 27.1 Å². The van der Waals surface area contributed by atoms with E-state index in [2.05, 4.69) is 87.2 Å². The Morgan fingerprint density at radius 3 is 1.79 bits per heavy atom. The van der Waals surface area contributed by atoms with Crippen molar-refractivity contribution in [2.24, 2.45) is 0 Å². The van der Waals surface area contributed by atoms with Crippen molar-refractivity contribution in [3.8, 4) is 0 Å². The van der Waals surface area contributed by atoms with E-state index in [-0.39, 0.29) is 17.1 Å². The summed E-state index contributed by atoms with van der Waals surface area (Å²) in [6.45, 7) is 8.14. The molecule has 0 heterocycles. The Labute approximate surface area is 129 Å². The van der Waals surface area contributed by atoms with E-state index in [1.54, 1.807) is 5.19 Å². The van der Waals surface area contributed by atoms with Crippen LogP contribution in [-0.2, 0) is 23.6 Å². The van der Waals surface area contributed by atoms with Gasteiger partial charge in [-0.15, -0.1) is 13.6 Å². The SMILES string of the molecule is CN(C)C[c-]1cccc1.C[Si](C)(C)[c-]1[cH-][cH-][cH-][cH-]1.[Fe]. The molecule has 0 fully saturated rings. The van der Waals surface area contributed by atoms with E-state index < -0.39 is 8.07 Å². The summed E-state index contributed by atoms with van der Waals surface area (Å²) < 4.78 is 0. The number of hydrogen-bond acceptors (Lipinski definition) is 1. The first kappa shape index (κ1) is 18.4. The maximum absolute atomic E-state index is 2.36. The zero-order valence-corrected chi connectivity index (χ0v) is 14.7. The first-order chi connectivity index (χ1) is 8.39. The van der Waals surface area contributed by atoms with Gasteiger partial charge in [0.1, 0.15) is 0 Å². The molecular formula is C16H25FeNSi-6. The van der Waals surface area contributed by atoms with Crippen LogP contribution < -0.4 is 5.19 Å². The van der Waals surface area contributed by atoms with Crippen molar-refractivity contribution < 1.29 is 17.1 Å². The van der Waals surface area contributed by atoms with E-state index in [0.29, 0.717) is 0 Å². The molecule has 1 nitrogen and oxygen atoms in total. The molecule has 0 unspecified atom stereocenters. The van der Waals surface area contributed by atoms with Gasteiger partial charge >= 0.3 is 0 Å². The Balaban J connectivity index is 0.000000324. The molecule has 0 bridgehead atoms. The van der Waals surface area contributed by atoms with Gasteiger partial charge in [-0.05, 0) is 20.6 Å². The van der Waals surface area contributed by atoms with Gasteiger partial charge < -0.3 is 34.4 Å². The van der Waals surface area contributed by atoms with Crippen LogP contribution >= 0.6 is 0 Å². The Kier molecular flexibility index (Phi) is 8.27. The average molecular weight is 315 g/mol. The van der Waals surface area contributed by atoms with Gasteiger partial charge in [-0.1, -0.05) is 19.6 Å². The van der Waals surface area contributed by atoms with Crippen molar-refractivity contribution in [2.75, 3.05) is 14.1 Å². The Morgan fingerprint density at radius 1 is 1.00 bits per heavy atom. The summed E-state index contributed by atoms with van der Waals surface area (Å²) in [4.78, 5) is 2.16. The maximum Gasteiger partial charge on any atom is 0 e. The zero-order valence-electron chi connectivity index (χ0n) is 12.6. The molecule has 0 N–H and O–H groups in total. The molecule has 0 aliphatic rings. The van der Waals surface area contributed by atoms with Crippen LogP contribution in [0.25, 0.3) is 0 Å². The maximum atomic E-state index is 2.36. The van der Waals surface area contributed by atoms with Crippen molar-refractivity contribution in [3.63, 3.8) is 0 Å². The second-order valence-corrected chi connectivity index (χ2v) is 11.0. The Bertz CT molecular complexity index is 410. The van der Waals surface area contributed by atoms with Gasteiger partial charge in [0, 0.05) is 17.1 Å². The minimum absolute atomic E-state index is 0. The van der Waals surface area contributed by atoms with Gasteiger partial charge in [0.15, 0.2) is 0 Å².